The molecule has 0 radical (unpaired) electrons. The third-order valence-corrected chi connectivity index (χ3v) is 2.74. The molecule has 1 heterocycles. The van der Waals surface area contributed by atoms with E-state index in [0.717, 1.165) is 35.4 Å². The Balaban J connectivity index is 2.33. The summed E-state index contributed by atoms with van der Waals surface area (Å²) < 4.78 is 0.917. The summed E-state index contributed by atoms with van der Waals surface area (Å²) in [6, 6.07) is 5.85. The number of rotatable bonds is 1. The standard InChI is InChI=1S/C9H11BrN2O/c10-7-3-1-4-8(9(7)11)12-5-2-6-13-12/h1,3-4H,2,5-6,11H2. The van der Waals surface area contributed by atoms with Crippen LogP contribution >= 0.6 is 15.9 Å². The number of hydrogen-bond donors (Lipinski definition) is 1. The molecule has 0 bridgehead atoms. The van der Waals surface area contributed by atoms with Crippen LogP contribution in [0.4, 0.5) is 11.4 Å². The molecule has 70 valence electrons. The molecule has 0 atom stereocenters. The monoisotopic (exact) mass is 242 g/mol. The molecule has 1 aromatic carbocycles. The summed E-state index contributed by atoms with van der Waals surface area (Å²) in [4.78, 5) is 5.41. The van der Waals surface area contributed by atoms with Crippen LogP contribution in [-0.2, 0) is 4.84 Å². The first-order chi connectivity index (χ1) is 6.29. The van der Waals surface area contributed by atoms with Crippen molar-refractivity contribution in [2.24, 2.45) is 0 Å². The van der Waals surface area contributed by atoms with Crippen LogP contribution in [0.2, 0.25) is 0 Å². The number of hydroxylamine groups is 1. The number of nitrogen functional groups attached to an aromatic ring is 1. The molecule has 2 N–H and O–H groups in total. The molecule has 1 aliphatic heterocycles. The molecular formula is C9H11BrN2O. The molecule has 0 saturated carbocycles. The second kappa shape index (κ2) is 3.55. The number of nitrogens with zero attached hydrogens (tertiary/aromatic N) is 1. The van der Waals surface area contributed by atoms with Crippen LogP contribution in [0.25, 0.3) is 0 Å². The average molecular weight is 243 g/mol. The van der Waals surface area contributed by atoms with E-state index in [1.165, 1.54) is 0 Å². The molecule has 1 saturated heterocycles. The second-order valence-corrected chi connectivity index (χ2v) is 3.82. The molecular weight excluding hydrogens is 232 g/mol. The lowest BCUT2D eigenvalue weighted by Gasteiger charge is -2.18. The van der Waals surface area contributed by atoms with Gasteiger partial charge in [0.2, 0.25) is 0 Å². The van der Waals surface area contributed by atoms with Crippen LogP contribution in [0.1, 0.15) is 6.42 Å². The van der Waals surface area contributed by atoms with E-state index in [-0.39, 0.29) is 0 Å². The molecule has 1 aliphatic rings. The summed E-state index contributed by atoms with van der Waals surface area (Å²) in [7, 11) is 0. The Morgan fingerprint density at radius 3 is 3.00 bits per heavy atom. The van der Waals surface area contributed by atoms with Crippen molar-refractivity contribution < 1.29 is 4.84 Å². The van der Waals surface area contributed by atoms with Gasteiger partial charge in [0.1, 0.15) is 0 Å². The van der Waals surface area contributed by atoms with Crippen LogP contribution in [-0.4, -0.2) is 13.2 Å². The number of halogens is 1. The van der Waals surface area contributed by atoms with E-state index < -0.39 is 0 Å². The topological polar surface area (TPSA) is 38.5 Å². The highest BCUT2D eigenvalue weighted by Gasteiger charge is 2.16. The van der Waals surface area contributed by atoms with Gasteiger partial charge in [-0.2, -0.15) is 0 Å². The molecule has 13 heavy (non-hydrogen) atoms. The van der Waals surface area contributed by atoms with E-state index in [9.17, 15) is 0 Å². The van der Waals surface area contributed by atoms with Crippen LogP contribution in [0, 0.1) is 0 Å². The largest absolute Gasteiger partial charge is 0.396 e. The Morgan fingerprint density at radius 2 is 2.31 bits per heavy atom. The van der Waals surface area contributed by atoms with Gasteiger partial charge in [0.05, 0.1) is 18.0 Å². The van der Waals surface area contributed by atoms with Gasteiger partial charge in [0.15, 0.2) is 0 Å². The van der Waals surface area contributed by atoms with E-state index in [4.69, 9.17) is 10.6 Å². The minimum absolute atomic E-state index is 0.740. The molecule has 0 aromatic heterocycles. The highest BCUT2D eigenvalue weighted by atomic mass is 79.9. The highest BCUT2D eigenvalue weighted by Crippen LogP contribution is 2.31. The lowest BCUT2D eigenvalue weighted by molar-refractivity contribution is 0.168. The normalized spacial score (nSPS) is 16.5. The molecule has 0 aliphatic carbocycles. The van der Waals surface area contributed by atoms with Gasteiger partial charge in [-0.3, -0.25) is 9.90 Å². The molecule has 1 fully saturated rings. The van der Waals surface area contributed by atoms with Crippen LogP contribution in [0.3, 0.4) is 0 Å². The molecule has 4 heteroatoms. The van der Waals surface area contributed by atoms with Gasteiger partial charge in [0.25, 0.3) is 0 Å². The molecule has 0 amide bonds. The zero-order valence-corrected chi connectivity index (χ0v) is 8.75. The number of anilines is 2. The van der Waals surface area contributed by atoms with Gasteiger partial charge in [0, 0.05) is 11.0 Å². The van der Waals surface area contributed by atoms with E-state index in [2.05, 4.69) is 15.9 Å². The van der Waals surface area contributed by atoms with Crippen molar-refractivity contribution in [2.75, 3.05) is 23.9 Å². The maximum Gasteiger partial charge on any atom is 0.0877 e. The Bertz CT molecular complexity index is 310. The zero-order chi connectivity index (χ0) is 9.26. The van der Waals surface area contributed by atoms with Gasteiger partial charge < -0.3 is 5.73 Å². The molecule has 3 nitrogen and oxygen atoms in total. The first kappa shape index (κ1) is 8.84. The van der Waals surface area contributed by atoms with Crippen molar-refractivity contribution in [3.63, 3.8) is 0 Å². The fraction of sp³-hybridized carbons (Fsp3) is 0.333. The highest BCUT2D eigenvalue weighted by molar-refractivity contribution is 9.10. The maximum absolute atomic E-state index is 5.89. The fourth-order valence-electron chi connectivity index (χ4n) is 1.38. The summed E-state index contributed by atoms with van der Waals surface area (Å²) in [5.41, 5.74) is 7.58. The van der Waals surface area contributed by atoms with Gasteiger partial charge in [-0.1, -0.05) is 6.07 Å². The number of hydrogen-bond acceptors (Lipinski definition) is 3. The second-order valence-electron chi connectivity index (χ2n) is 2.96. The Kier molecular flexibility index (Phi) is 2.42. The quantitative estimate of drug-likeness (QED) is 0.768. The Hall–Kier alpha value is -0.740. The third-order valence-electron chi connectivity index (χ3n) is 2.05. The minimum Gasteiger partial charge on any atom is -0.396 e. The Labute approximate surface area is 85.6 Å². The van der Waals surface area contributed by atoms with Crippen LogP contribution < -0.4 is 10.8 Å². The summed E-state index contributed by atoms with van der Waals surface area (Å²) in [5, 5.41) is 1.85. The van der Waals surface area contributed by atoms with Crippen LogP contribution in [0.5, 0.6) is 0 Å². The van der Waals surface area contributed by atoms with Gasteiger partial charge in [-0.25, -0.2) is 0 Å². The smallest absolute Gasteiger partial charge is 0.0877 e. The van der Waals surface area contributed by atoms with E-state index in [0.29, 0.717) is 0 Å². The number of nitrogens with two attached hydrogens (primary N) is 1. The first-order valence-electron chi connectivity index (χ1n) is 4.23. The first-order valence-corrected chi connectivity index (χ1v) is 5.03. The maximum atomic E-state index is 5.89. The molecule has 2 rings (SSSR count). The molecule has 0 spiro atoms. The lowest BCUT2D eigenvalue weighted by Crippen LogP contribution is -2.17. The summed E-state index contributed by atoms with van der Waals surface area (Å²) >= 11 is 3.39. The SMILES string of the molecule is Nc1c(Br)cccc1N1CCCO1. The molecule has 1 aromatic rings. The predicted octanol–water partition coefficient (Wildman–Crippen LogP) is 2.17. The van der Waals surface area contributed by atoms with Crippen molar-refractivity contribution >= 4 is 27.3 Å². The van der Waals surface area contributed by atoms with Gasteiger partial charge in [-0.15, -0.1) is 0 Å². The number of para-hydroxylation sites is 1. The summed E-state index contributed by atoms with van der Waals surface area (Å²) in [5.74, 6) is 0. The van der Waals surface area contributed by atoms with Crippen molar-refractivity contribution in [1.29, 1.82) is 0 Å². The summed E-state index contributed by atoms with van der Waals surface area (Å²) in [6.07, 6.45) is 1.06. The van der Waals surface area contributed by atoms with Crippen molar-refractivity contribution in [2.45, 2.75) is 6.42 Å². The van der Waals surface area contributed by atoms with E-state index >= 15 is 0 Å². The minimum atomic E-state index is 0.740. The zero-order valence-electron chi connectivity index (χ0n) is 7.16. The lowest BCUT2D eigenvalue weighted by atomic mass is 10.2. The molecule has 0 unspecified atom stereocenters. The van der Waals surface area contributed by atoms with E-state index in [1.54, 1.807) is 0 Å². The van der Waals surface area contributed by atoms with Crippen molar-refractivity contribution in [3.8, 4) is 0 Å². The van der Waals surface area contributed by atoms with Crippen molar-refractivity contribution in [3.05, 3.63) is 22.7 Å². The fourth-order valence-corrected chi connectivity index (χ4v) is 1.74. The van der Waals surface area contributed by atoms with Crippen molar-refractivity contribution in [1.82, 2.24) is 0 Å². The Morgan fingerprint density at radius 1 is 1.46 bits per heavy atom. The summed E-state index contributed by atoms with van der Waals surface area (Å²) in [6.45, 7) is 1.70. The van der Waals surface area contributed by atoms with Gasteiger partial charge in [-0.05, 0) is 34.5 Å². The van der Waals surface area contributed by atoms with Crippen LogP contribution in [0.15, 0.2) is 22.7 Å². The predicted molar refractivity (Wildman–Crippen MR) is 56.5 cm³/mol. The number of benzene rings is 1. The average Bonchev–Trinajstić information content (AvgIpc) is 2.62. The van der Waals surface area contributed by atoms with Gasteiger partial charge >= 0.3 is 0 Å². The third kappa shape index (κ3) is 1.64. The van der Waals surface area contributed by atoms with E-state index in [1.807, 2.05) is 23.3 Å².